The van der Waals surface area contributed by atoms with Crippen molar-refractivity contribution in [2.75, 3.05) is 0 Å². The number of rotatable bonds is 3. The van der Waals surface area contributed by atoms with Crippen LogP contribution in [0.3, 0.4) is 0 Å². The lowest BCUT2D eigenvalue weighted by atomic mass is 9.97. The van der Waals surface area contributed by atoms with Crippen molar-refractivity contribution in [3.05, 3.63) is 98.4 Å². The molecule has 4 aromatic rings. The molecular formula is C22H17Cl2N3O. The van der Waals surface area contributed by atoms with Crippen LogP contribution in [-0.4, -0.2) is 9.55 Å². The predicted molar refractivity (Wildman–Crippen MR) is 115 cm³/mol. The van der Waals surface area contributed by atoms with E-state index in [0.29, 0.717) is 15.7 Å². The van der Waals surface area contributed by atoms with E-state index in [1.807, 2.05) is 48.5 Å². The summed E-state index contributed by atoms with van der Waals surface area (Å²) in [5, 5.41) is 2.10. The molecule has 1 unspecified atom stereocenters. The monoisotopic (exact) mass is 409 g/mol. The Balaban J connectivity index is 1.92. The van der Waals surface area contributed by atoms with Crippen LogP contribution < -0.4 is 11.3 Å². The first-order valence-electron chi connectivity index (χ1n) is 8.71. The third-order valence-electron chi connectivity index (χ3n) is 4.82. The molecule has 0 aliphatic rings. The maximum Gasteiger partial charge on any atom is 0.252 e. The molecule has 6 heteroatoms. The lowest BCUT2D eigenvalue weighted by molar-refractivity contribution is 0.854. The smallest absolute Gasteiger partial charge is 0.252 e. The summed E-state index contributed by atoms with van der Waals surface area (Å²) in [7, 11) is 1.71. The minimum Gasteiger partial charge on any atom is -0.320 e. The summed E-state index contributed by atoms with van der Waals surface area (Å²) >= 11 is 12.1. The molecule has 0 aliphatic carbocycles. The van der Waals surface area contributed by atoms with Crippen molar-refractivity contribution in [2.24, 2.45) is 12.8 Å². The zero-order chi connectivity index (χ0) is 19.8. The number of aromatic nitrogens is 2. The molecule has 140 valence electrons. The van der Waals surface area contributed by atoms with Gasteiger partial charge in [0.2, 0.25) is 0 Å². The van der Waals surface area contributed by atoms with Gasteiger partial charge in [0.05, 0.1) is 6.04 Å². The highest BCUT2D eigenvalue weighted by Gasteiger charge is 2.15. The van der Waals surface area contributed by atoms with E-state index in [1.54, 1.807) is 25.4 Å². The number of pyridine rings is 2. The highest BCUT2D eigenvalue weighted by atomic mass is 35.5. The molecule has 0 fully saturated rings. The van der Waals surface area contributed by atoms with Crippen LogP contribution in [0.5, 0.6) is 0 Å². The number of nitrogens with two attached hydrogens (primary N) is 1. The number of hydrogen-bond donors (Lipinski definition) is 1. The maximum atomic E-state index is 12.4. The SMILES string of the molecule is Cn1c(=O)cc(-c2cccc(Cl)c2)c2cc(C(N)c3ccc(Cl)cc3)cnc21. The van der Waals surface area contributed by atoms with Crippen molar-refractivity contribution in [3.8, 4) is 11.1 Å². The third-order valence-corrected chi connectivity index (χ3v) is 5.31. The summed E-state index contributed by atoms with van der Waals surface area (Å²) in [5.41, 5.74) is 10.3. The Hall–Kier alpha value is -2.66. The summed E-state index contributed by atoms with van der Waals surface area (Å²) in [4.78, 5) is 17.0. The lowest BCUT2D eigenvalue weighted by Gasteiger charge is -2.16. The molecule has 0 spiro atoms. The van der Waals surface area contributed by atoms with Gasteiger partial charge in [-0.3, -0.25) is 9.36 Å². The van der Waals surface area contributed by atoms with Crippen LogP contribution in [0.25, 0.3) is 22.2 Å². The van der Waals surface area contributed by atoms with Crippen LogP contribution in [0, 0.1) is 0 Å². The summed E-state index contributed by atoms with van der Waals surface area (Å²) in [6.45, 7) is 0. The highest BCUT2D eigenvalue weighted by Crippen LogP contribution is 2.30. The predicted octanol–water partition coefficient (Wildman–Crippen LogP) is 4.96. The zero-order valence-electron chi connectivity index (χ0n) is 15.1. The van der Waals surface area contributed by atoms with Crippen LogP contribution in [0.4, 0.5) is 0 Å². The van der Waals surface area contributed by atoms with Crippen LogP contribution in [0.1, 0.15) is 17.2 Å². The van der Waals surface area contributed by atoms with Crippen molar-refractivity contribution in [3.63, 3.8) is 0 Å². The molecule has 0 radical (unpaired) electrons. The van der Waals surface area contributed by atoms with Gasteiger partial charge in [-0.1, -0.05) is 47.5 Å². The zero-order valence-corrected chi connectivity index (χ0v) is 16.6. The fraction of sp³-hybridized carbons (Fsp3) is 0.0909. The molecule has 0 saturated heterocycles. The standard InChI is InChI=1S/C22H17Cl2N3O/c1-27-20(28)11-18(14-3-2-4-17(24)9-14)19-10-15(12-26-22(19)27)21(25)13-5-7-16(23)8-6-13/h2-12,21H,25H2,1H3. The first-order chi connectivity index (χ1) is 13.4. The van der Waals surface area contributed by atoms with Crippen LogP contribution in [0.15, 0.2) is 71.7 Å². The number of aryl methyl sites for hydroxylation is 1. The Morgan fingerprint density at radius 1 is 0.964 bits per heavy atom. The number of halogens is 2. The Morgan fingerprint density at radius 2 is 1.71 bits per heavy atom. The minimum atomic E-state index is -0.362. The Bertz CT molecular complexity index is 1230. The van der Waals surface area contributed by atoms with Gasteiger partial charge in [-0.25, -0.2) is 4.98 Å². The number of nitrogens with zero attached hydrogens (tertiary/aromatic N) is 2. The van der Waals surface area contributed by atoms with Crippen LogP contribution >= 0.6 is 23.2 Å². The van der Waals surface area contributed by atoms with Gasteiger partial charge >= 0.3 is 0 Å². The summed E-state index contributed by atoms with van der Waals surface area (Å²) < 4.78 is 1.53. The van der Waals surface area contributed by atoms with E-state index in [2.05, 4.69) is 4.98 Å². The fourth-order valence-corrected chi connectivity index (χ4v) is 3.59. The van der Waals surface area contributed by atoms with Crippen LogP contribution in [-0.2, 0) is 7.05 Å². The van der Waals surface area contributed by atoms with Gasteiger partial charge in [-0.05, 0) is 52.6 Å². The third kappa shape index (κ3) is 3.42. The van der Waals surface area contributed by atoms with Crippen molar-refractivity contribution in [1.29, 1.82) is 0 Å². The second kappa shape index (κ2) is 7.40. The van der Waals surface area contributed by atoms with Gasteiger partial charge in [0.1, 0.15) is 5.65 Å². The Labute approximate surface area is 172 Å². The van der Waals surface area contributed by atoms with Crippen LogP contribution in [0.2, 0.25) is 10.0 Å². The molecule has 1 atom stereocenters. The molecule has 2 aromatic carbocycles. The topological polar surface area (TPSA) is 60.9 Å². The van der Waals surface area contributed by atoms with E-state index < -0.39 is 0 Å². The van der Waals surface area contributed by atoms with Crippen molar-refractivity contribution in [1.82, 2.24) is 9.55 Å². The molecule has 0 saturated carbocycles. The average molecular weight is 410 g/mol. The maximum absolute atomic E-state index is 12.4. The normalized spacial score (nSPS) is 12.3. The second-order valence-electron chi connectivity index (χ2n) is 6.63. The molecule has 28 heavy (non-hydrogen) atoms. The average Bonchev–Trinajstić information content (AvgIpc) is 2.70. The molecule has 2 heterocycles. The van der Waals surface area contributed by atoms with E-state index in [4.69, 9.17) is 28.9 Å². The second-order valence-corrected chi connectivity index (χ2v) is 7.51. The molecule has 4 rings (SSSR count). The van der Waals surface area contributed by atoms with Gasteiger partial charge in [0.15, 0.2) is 0 Å². The molecular weight excluding hydrogens is 393 g/mol. The first kappa shape index (κ1) is 18.7. The van der Waals surface area contributed by atoms with Crippen molar-refractivity contribution < 1.29 is 0 Å². The van der Waals surface area contributed by atoms with Crippen molar-refractivity contribution >= 4 is 34.2 Å². The molecule has 4 nitrogen and oxygen atoms in total. The molecule has 2 aromatic heterocycles. The quantitative estimate of drug-likeness (QED) is 0.520. The molecule has 2 N–H and O–H groups in total. The van der Waals surface area contributed by atoms with Gasteiger partial charge in [0, 0.05) is 34.7 Å². The van der Waals surface area contributed by atoms with Crippen molar-refractivity contribution in [2.45, 2.75) is 6.04 Å². The number of fused-ring (bicyclic) bond motifs is 1. The number of benzene rings is 2. The molecule has 0 bridgehead atoms. The minimum absolute atomic E-state index is 0.135. The van der Waals surface area contributed by atoms with E-state index in [9.17, 15) is 4.79 Å². The van der Waals surface area contributed by atoms with E-state index >= 15 is 0 Å². The van der Waals surface area contributed by atoms with Gasteiger partial charge in [-0.2, -0.15) is 0 Å². The fourth-order valence-electron chi connectivity index (χ4n) is 3.27. The Kier molecular flexibility index (Phi) is 4.94. The van der Waals surface area contributed by atoms with E-state index in [0.717, 1.165) is 27.6 Å². The van der Waals surface area contributed by atoms with Gasteiger partial charge in [0.25, 0.3) is 5.56 Å². The lowest BCUT2D eigenvalue weighted by Crippen LogP contribution is -2.18. The first-order valence-corrected chi connectivity index (χ1v) is 9.46. The van der Waals surface area contributed by atoms with Gasteiger partial charge in [-0.15, -0.1) is 0 Å². The Morgan fingerprint density at radius 3 is 2.43 bits per heavy atom. The summed E-state index contributed by atoms with van der Waals surface area (Å²) in [5.74, 6) is 0. The van der Waals surface area contributed by atoms with Gasteiger partial charge < -0.3 is 5.73 Å². The van der Waals surface area contributed by atoms with E-state index in [1.165, 1.54) is 4.57 Å². The highest BCUT2D eigenvalue weighted by molar-refractivity contribution is 6.31. The molecule has 0 aliphatic heterocycles. The molecule has 0 amide bonds. The van der Waals surface area contributed by atoms with E-state index in [-0.39, 0.29) is 11.6 Å². The number of hydrogen-bond acceptors (Lipinski definition) is 3. The summed E-state index contributed by atoms with van der Waals surface area (Å²) in [6, 6.07) is 18.1. The largest absolute Gasteiger partial charge is 0.320 e. The summed E-state index contributed by atoms with van der Waals surface area (Å²) in [6.07, 6.45) is 1.71.